The molecule has 1 fully saturated rings. The minimum Gasteiger partial charge on any atom is -0.339 e. The van der Waals surface area contributed by atoms with Gasteiger partial charge in [0.05, 0.1) is 11.1 Å². The van der Waals surface area contributed by atoms with Crippen LogP contribution in [0.15, 0.2) is 18.5 Å². The molecule has 1 aliphatic rings. The molecule has 4 nitrogen and oxygen atoms in total. The lowest BCUT2D eigenvalue weighted by Gasteiger charge is -2.26. The summed E-state index contributed by atoms with van der Waals surface area (Å²) in [6.45, 7) is 1.63. The average molecular weight is 215 g/mol. The van der Waals surface area contributed by atoms with Crippen LogP contribution in [-0.4, -0.2) is 28.9 Å². The lowest BCUT2D eigenvalue weighted by Crippen LogP contribution is -2.35. The van der Waals surface area contributed by atoms with E-state index in [4.69, 9.17) is 5.26 Å². The van der Waals surface area contributed by atoms with Crippen LogP contribution in [0.2, 0.25) is 0 Å². The Morgan fingerprint density at radius 2 is 2.06 bits per heavy atom. The highest BCUT2D eigenvalue weighted by Gasteiger charge is 2.18. The Kier molecular flexibility index (Phi) is 3.16. The van der Waals surface area contributed by atoms with Crippen molar-refractivity contribution in [3.05, 3.63) is 29.6 Å². The van der Waals surface area contributed by atoms with Gasteiger partial charge >= 0.3 is 0 Å². The van der Waals surface area contributed by atoms with Crippen LogP contribution >= 0.6 is 0 Å². The highest BCUT2D eigenvalue weighted by atomic mass is 16.2. The fraction of sp³-hybridized carbons (Fsp3) is 0.417. The highest BCUT2D eigenvalue weighted by Crippen LogP contribution is 2.13. The molecule has 0 unspecified atom stereocenters. The Bertz CT molecular complexity index is 430. The van der Waals surface area contributed by atoms with Crippen LogP contribution in [0.3, 0.4) is 0 Å². The van der Waals surface area contributed by atoms with Gasteiger partial charge in [-0.2, -0.15) is 5.26 Å². The minimum atomic E-state index is -0.00991. The van der Waals surface area contributed by atoms with Crippen molar-refractivity contribution in [1.29, 1.82) is 5.26 Å². The van der Waals surface area contributed by atoms with Gasteiger partial charge in [0, 0.05) is 25.5 Å². The number of pyridine rings is 1. The molecule has 1 amide bonds. The molecular formula is C12H13N3O. The number of rotatable bonds is 1. The van der Waals surface area contributed by atoms with E-state index in [0.717, 1.165) is 25.9 Å². The summed E-state index contributed by atoms with van der Waals surface area (Å²) in [4.78, 5) is 17.8. The van der Waals surface area contributed by atoms with E-state index in [0.29, 0.717) is 11.1 Å². The first-order valence-electron chi connectivity index (χ1n) is 5.45. The maximum absolute atomic E-state index is 12.0. The van der Waals surface area contributed by atoms with Crippen molar-refractivity contribution in [2.75, 3.05) is 13.1 Å². The zero-order valence-electron chi connectivity index (χ0n) is 9.02. The predicted molar refractivity (Wildman–Crippen MR) is 58.7 cm³/mol. The molecule has 1 aliphatic heterocycles. The van der Waals surface area contributed by atoms with Gasteiger partial charge in [0.1, 0.15) is 6.07 Å². The Morgan fingerprint density at radius 3 is 2.75 bits per heavy atom. The molecule has 1 aromatic rings. The van der Waals surface area contributed by atoms with E-state index in [-0.39, 0.29) is 5.91 Å². The molecule has 1 aromatic heterocycles. The summed E-state index contributed by atoms with van der Waals surface area (Å²) in [7, 11) is 0. The highest BCUT2D eigenvalue weighted by molar-refractivity contribution is 5.94. The Hall–Kier alpha value is -1.89. The summed E-state index contributed by atoms with van der Waals surface area (Å²) >= 11 is 0. The lowest BCUT2D eigenvalue weighted by molar-refractivity contribution is 0.0724. The van der Waals surface area contributed by atoms with Crippen LogP contribution in [-0.2, 0) is 0 Å². The molecule has 2 heterocycles. The number of amides is 1. The number of hydrogen-bond donors (Lipinski definition) is 0. The fourth-order valence-corrected chi connectivity index (χ4v) is 1.90. The molecule has 4 heteroatoms. The van der Waals surface area contributed by atoms with Crippen LogP contribution in [0.25, 0.3) is 0 Å². The Morgan fingerprint density at radius 1 is 1.31 bits per heavy atom. The first kappa shape index (κ1) is 10.6. The molecule has 0 radical (unpaired) electrons. The number of hydrogen-bond acceptors (Lipinski definition) is 3. The third kappa shape index (κ3) is 2.19. The second-order valence-electron chi connectivity index (χ2n) is 3.93. The van der Waals surface area contributed by atoms with E-state index in [1.54, 1.807) is 6.07 Å². The van der Waals surface area contributed by atoms with Crippen LogP contribution in [0.5, 0.6) is 0 Å². The summed E-state index contributed by atoms with van der Waals surface area (Å²) in [5.74, 6) is -0.00991. The molecule has 0 spiro atoms. The van der Waals surface area contributed by atoms with Gasteiger partial charge in [0.25, 0.3) is 5.91 Å². The Labute approximate surface area is 94.5 Å². The summed E-state index contributed by atoms with van der Waals surface area (Å²) in [5, 5.41) is 8.74. The second kappa shape index (κ2) is 4.75. The molecule has 2 rings (SSSR count). The summed E-state index contributed by atoms with van der Waals surface area (Å²) < 4.78 is 0. The summed E-state index contributed by atoms with van der Waals surface area (Å²) in [5.41, 5.74) is 0.948. The van der Waals surface area contributed by atoms with E-state index in [1.807, 2.05) is 11.0 Å². The molecular weight excluding hydrogens is 202 g/mol. The van der Waals surface area contributed by atoms with Crippen LogP contribution in [0.1, 0.15) is 35.2 Å². The molecule has 0 aliphatic carbocycles. The molecule has 0 bridgehead atoms. The van der Waals surface area contributed by atoms with Gasteiger partial charge < -0.3 is 4.90 Å². The Balaban J connectivity index is 2.16. The number of piperidine rings is 1. The summed E-state index contributed by atoms with van der Waals surface area (Å²) in [6.07, 6.45) is 6.32. The van der Waals surface area contributed by atoms with Gasteiger partial charge in [-0.05, 0) is 25.3 Å². The third-order valence-electron chi connectivity index (χ3n) is 2.76. The standard InChI is InChI=1S/C12H13N3O/c13-7-10-6-11(9-14-8-10)12(16)15-4-2-1-3-5-15/h6,8-9H,1-5H2. The quantitative estimate of drug-likeness (QED) is 0.714. The van der Waals surface area contributed by atoms with Crippen molar-refractivity contribution in [2.24, 2.45) is 0 Å². The molecule has 82 valence electrons. The maximum atomic E-state index is 12.0. The van der Waals surface area contributed by atoms with Crippen LogP contribution in [0.4, 0.5) is 0 Å². The van der Waals surface area contributed by atoms with Crippen molar-refractivity contribution in [1.82, 2.24) is 9.88 Å². The third-order valence-corrected chi connectivity index (χ3v) is 2.76. The minimum absolute atomic E-state index is 0.00991. The largest absolute Gasteiger partial charge is 0.339 e. The first-order valence-corrected chi connectivity index (χ1v) is 5.45. The molecule has 0 N–H and O–H groups in total. The first-order chi connectivity index (χ1) is 7.81. The van der Waals surface area contributed by atoms with E-state index in [2.05, 4.69) is 4.98 Å². The monoisotopic (exact) mass is 215 g/mol. The van der Waals surface area contributed by atoms with Crippen LogP contribution < -0.4 is 0 Å². The number of carbonyl (C=O) groups excluding carboxylic acids is 1. The van der Waals surface area contributed by atoms with E-state index in [1.165, 1.54) is 18.8 Å². The molecule has 1 saturated heterocycles. The smallest absolute Gasteiger partial charge is 0.255 e. The normalized spacial score (nSPS) is 15.6. The lowest BCUT2D eigenvalue weighted by atomic mass is 10.1. The topological polar surface area (TPSA) is 57.0 Å². The van der Waals surface area contributed by atoms with Gasteiger partial charge in [0.15, 0.2) is 0 Å². The maximum Gasteiger partial charge on any atom is 0.255 e. The SMILES string of the molecule is N#Cc1cncc(C(=O)N2CCCCC2)c1. The fourth-order valence-electron chi connectivity index (χ4n) is 1.90. The van der Waals surface area contributed by atoms with Crippen molar-refractivity contribution in [2.45, 2.75) is 19.3 Å². The van der Waals surface area contributed by atoms with Crippen molar-refractivity contribution in [3.63, 3.8) is 0 Å². The van der Waals surface area contributed by atoms with Crippen LogP contribution in [0, 0.1) is 11.3 Å². The van der Waals surface area contributed by atoms with E-state index < -0.39 is 0 Å². The zero-order valence-corrected chi connectivity index (χ0v) is 9.02. The molecule has 16 heavy (non-hydrogen) atoms. The van der Waals surface area contributed by atoms with Gasteiger partial charge in [-0.3, -0.25) is 9.78 Å². The van der Waals surface area contributed by atoms with Gasteiger partial charge in [-0.1, -0.05) is 0 Å². The molecule has 0 aromatic carbocycles. The number of aromatic nitrogens is 1. The summed E-state index contributed by atoms with van der Waals surface area (Å²) in [6, 6.07) is 3.59. The van der Waals surface area contributed by atoms with Crippen molar-refractivity contribution < 1.29 is 4.79 Å². The number of likely N-dealkylation sites (tertiary alicyclic amines) is 1. The number of nitriles is 1. The van der Waals surface area contributed by atoms with Gasteiger partial charge in [-0.15, -0.1) is 0 Å². The molecule has 0 saturated carbocycles. The average Bonchev–Trinajstić information content (AvgIpc) is 2.39. The van der Waals surface area contributed by atoms with Gasteiger partial charge in [-0.25, -0.2) is 0 Å². The molecule has 0 atom stereocenters. The van der Waals surface area contributed by atoms with Crippen molar-refractivity contribution in [3.8, 4) is 6.07 Å². The van der Waals surface area contributed by atoms with Gasteiger partial charge in [0.2, 0.25) is 0 Å². The zero-order chi connectivity index (χ0) is 11.4. The predicted octanol–water partition coefficient (Wildman–Crippen LogP) is 1.58. The number of carbonyl (C=O) groups is 1. The van der Waals surface area contributed by atoms with E-state index >= 15 is 0 Å². The number of nitrogens with zero attached hydrogens (tertiary/aromatic N) is 3. The second-order valence-corrected chi connectivity index (χ2v) is 3.93. The van der Waals surface area contributed by atoms with Crippen molar-refractivity contribution >= 4 is 5.91 Å². The van der Waals surface area contributed by atoms with E-state index in [9.17, 15) is 4.79 Å².